The molecule has 6 aliphatic rings. The zero-order valence-corrected chi connectivity index (χ0v) is 35.0. The van der Waals surface area contributed by atoms with Crippen LogP contribution in [-0.2, 0) is 52.1 Å². The van der Waals surface area contributed by atoms with E-state index >= 15 is 0 Å². The number of rotatable bonds is 16. The van der Waals surface area contributed by atoms with Crippen molar-refractivity contribution in [1.82, 2.24) is 0 Å². The molecule has 0 spiro atoms. The standard InChI is InChI=1S/C36H62O31/c37-1-7-13(42)15(44)22(51)33(59-7)64-28-10(4-40)62-35(25(54)19(28)48)66-27-9(3-39)61-32(24(53)18(27)47)57-6-12-30(17(46)21(50)31(56)58-12)67-36-26(55)20(49)29(11(5-41)63-36)65-34-23(52)16(45)14(43)8(2-38)60-34/h7-56H,1-6H2/t7-,8-,9-,10-,11-,12-,13-,14-,15+,16+,17-,18-,19-,20-,21-,22-,23-,24-,25-,26-,27-,28-,29-,30-,31?,32-,33-,34-,35-,36+/m1/s1. The summed E-state index contributed by atoms with van der Waals surface area (Å²) in [5.41, 5.74) is 0. The van der Waals surface area contributed by atoms with Gasteiger partial charge in [-0.15, -0.1) is 0 Å². The van der Waals surface area contributed by atoms with Gasteiger partial charge in [-0.05, 0) is 0 Å². The molecule has 0 saturated carbocycles. The maximum absolute atomic E-state index is 11.2. The molecule has 0 radical (unpaired) electrons. The summed E-state index contributed by atoms with van der Waals surface area (Å²) in [5.74, 6) is 0. The molecule has 0 aromatic rings. The van der Waals surface area contributed by atoms with E-state index in [9.17, 15) is 102 Å². The van der Waals surface area contributed by atoms with Gasteiger partial charge in [0.15, 0.2) is 37.7 Å². The number of aliphatic hydroxyl groups is 20. The summed E-state index contributed by atoms with van der Waals surface area (Å²) in [6, 6.07) is 0. The summed E-state index contributed by atoms with van der Waals surface area (Å²) in [6.45, 7) is -5.46. The topological polar surface area (TPSA) is 506 Å². The Morgan fingerprint density at radius 3 is 0.866 bits per heavy atom. The van der Waals surface area contributed by atoms with Gasteiger partial charge in [0, 0.05) is 0 Å². The molecule has 0 aromatic heterocycles. The smallest absolute Gasteiger partial charge is 0.187 e. The molecule has 0 aromatic carbocycles. The first-order valence-electron chi connectivity index (χ1n) is 21.1. The summed E-state index contributed by atoms with van der Waals surface area (Å²) in [6.07, 6.45) is -56.3. The molecule has 6 heterocycles. The van der Waals surface area contributed by atoms with Crippen LogP contribution in [0.15, 0.2) is 0 Å². The Morgan fingerprint density at radius 1 is 0.254 bits per heavy atom. The predicted octanol–water partition coefficient (Wildman–Crippen LogP) is -14.1. The quantitative estimate of drug-likeness (QED) is 0.0683. The maximum Gasteiger partial charge on any atom is 0.187 e. The van der Waals surface area contributed by atoms with Crippen LogP contribution in [-0.4, -0.2) is 326 Å². The summed E-state index contributed by atoms with van der Waals surface area (Å²) in [5, 5.41) is 209. The van der Waals surface area contributed by atoms with E-state index in [1.807, 2.05) is 0 Å². The molecule has 0 amide bonds. The van der Waals surface area contributed by atoms with Crippen LogP contribution in [0.2, 0.25) is 0 Å². The largest absolute Gasteiger partial charge is 0.394 e. The van der Waals surface area contributed by atoms with Gasteiger partial charge in [-0.3, -0.25) is 0 Å². The van der Waals surface area contributed by atoms with Crippen molar-refractivity contribution >= 4 is 0 Å². The first-order valence-corrected chi connectivity index (χ1v) is 21.1. The molecule has 20 N–H and O–H groups in total. The highest BCUT2D eigenvalue weighted by Gasteiger charge is 2.56. The third kappa shape index (κ3) is 11.4. The highest BCUT2D eigenvalue weighted by atomic mass is 16.8. The van der Waals surface area contributed by atoms with Crippen LogP contribution in [0.3, 0.4) is 0 Å². The van der Waals surface area contributed by atoms with Crippen molar-refractivity contribution in [2.24, 2.45) is 0 Å². The van der Waals surface area contributed by atoms with E-state index in [2.05, 4.69) is 0 Å². The molecular weight excluding hydrogens is 928 g/mol. The minimum atomic E-state index is -2.14. The van der Waals surface area contributed by atoms with E-state index < -0.39 is 224 Å². The molecule has 6 fully saturated rings. The third-order valence-corrected chi connectivity index (χ3v) is 12.4. The highest BCUT2D eigenvalue weighted by Crippen LogP contribution is 2.35. The van der Waals surface area contributed by atoms with E-state index in [1.54, 1.807) is 0 Å². The number of hydrogen-bond donors (Lipinski definition) is 20. The Bertz CT molecular complexity index is 1500. The molecule has 31 heteroatoms. The van der Waals surface area contributed by atoms with Crippen molar-refractivity contribution in [2.75, 3.05) is 39.6 Å². The molecule has 31 nitrogen and oxygen atoms in total. The first-order chi connectivity index (χ1) is 31.7. The average Bonchev–Trinajstić information content (AvgIpc) is 3.32. The van der Waals surface area contributed by atoms with Crippen LogP contribution in [0.5, 0.6) is 0 Å². The Balaban J connectivity index is 1.08. The molecule has 392 valence electrons. The summed E-state index contributed by atoms with van der Waals surface area (Å²) in [4.78, 5) is 0. The van der Waals surface area contributed by atoms with Crippen molar-refractivity contribution in [1.29, 1.82) is 0 Å². The summed E-state index contributed by atoms with van der Waals surface area (Å²) >= 11 is 0. The molecule has 0 aliphatic carbocycles. The Morgan fingerprint density at radius 2 is 0.522 bits per heavy atom. The van der Waals surface area contributed by atoms with Crippen LogP contribution in [0, 0.1) is 0 Å². The molecule has 67 heavy (non-hydrogen) atoms. The Kier molecular flexibility index (Phi) is 19.4. The molecule has 6 aliphatic heterocycles. The lowest BCUT2D eigenvalue weighted by atomic mass is 9.95. The Labute approximate surface area is 378 Å². The Hall–Kier alpha value is -1.24. The van der Waals surface area contributed by atoms with Gasteiger partial charge in [0.05, 0.1) is 39.6 Å². The van der Waals surface area contributed by atoms with E-state index in [1.165, 1.54) is 0 Å². The summed E-state index contributed by atoms with van der Waals surface area (Å²) in [7, 11) is 0. The van der Waals surface area contributed by atoms with E-state index in [-0.39, 0.29) is 0 Å². The zero-order chi connectivity index (χ0) is 49.3. The minimum absolute atomic E-state index is 0.828. The van der Waals surface area contributed by atoms with Crippen molar-refractivity contribution in [3.05, 3.63) is 0 Å². The van der Waals surface area contributed by atoms with Crippen LogP contribution < -0.4 is 0 Å². The van der Waals surface area contributed by atoms with Crippen molar-refractivity contribution in [3.8, 4) is 0 Å². The molecule has 6 rings (SSSR count). The predicted molar refractivity (Wildman–Crippen MR) is 199 cm³/mol. The van der Waals surface area contributed by atoms with Crippen molar-refractivity contribution in [2.45, 2.75) is 184 Å². The van der Waals surface area contributed by atoms with Gasteiger partial charge in [0.25, 0.3) is 0 Å². The molecule has 1 unspecified atom stereocenters. The maximum atomic E-state index is 11.2. The molecular formula is C36H62O31. The number of hydrogen-bond acceptors (Lipinski definition) is 31. The van der Waals surface area contributed by atoms with E-state index in [0.717, 1.165) is 0 Å². The number of ether oxygens (including phenoxy) is 11. The lowest BCUT2D eigenvalue weighted by Gasteiger charge is -2.48. The van der Waals surface area contributed by atoms with Gasteiger partial charge >= 0.3 is 0 Å². The van der Waals surface area contributed by atoms with Gasteiger partial charge in [0.1, 0.15) is 146 Å². The lowest BCUT2D eigenvalue weighted by Crippen LogP contribution is -2.67. The minimum Gasteiger partial charge on any atom is -0.394 e. The van der Waals surface area contributed by atoms with Crippen molar-refractivity contribution < 1.29 is 154 Å². The van der Waals surface area contributed by atoms with Crippen LogP contribution in [0.25, 0.3) is 0 Å². The second-order valence-corrected chi connectivity index (χ2v) is 16.8. The second-order valence-electron chi connectivity index (χ2n) is 16.8. The third-order valence-electron chi connectivity index (χ3n) is 12.4. The molecule has 6 saturated heterocycles. The van der Waals surface area contributed by atoms with Crippen molar-refractivity contribution in [3.63, 3.8) is 0 Å². The number of aliphatic hydroxyl groups excluding tert-OH is 20. The van der Waals surface area contributed by atoms with Crippen LogP contribution in [0.1, 0.15) is 0 Å². The van der Waals surface area contributed by atoms with Gasteiger partial charge < -0.3 is 154 Å². The second kappa shape index (κ2) is 23.5. The summed E-state index contributed by atoms with van der Waals surface area (Å²) < 4.78 is 60.6. The monoisotopic (exact) mass is 990 g/mol. The first kappa shape index (κ1) is 55.1. The fourth-order valence-electron chi connectivity index (χ4n) is 8.42. The lowest BCUT2D eigenvalue weighted by molar-refractivity contribution is -0.386. The van der Waals surface area contributed by atoms with E-state index in [0.29, 0.717) is 0 Å². The SMILES string of the molecule is OC[C@H]1O[C@H](O[C@H]2[C@H](O)[C@@H](O)[C@H](O[C@H]3[C@H](O)[C@@H](O)C(O)O[C@@H]3CO[C@@H]3O[C@H](CO)[C@@H](O[C@H]4O[C@H](CO)[C@@H](O[C@H]5O[C@H](CO)[C@@H](O)[C@H](O)[C@H]5O)[C@H](O)[C@H]4O)[C@H](O)[C@H]3O)O[C@@H]2CO)[C@H](O)[C@@H](O)[C@@H]1O. The fraction of sp³-hybridized carbons (Fsp3) is 1.00. The van der Waals surface area contributed by atoms with Gasteiger partial charge in [-0.25, -0.2) is 0 Å². The zero-order valence-electron chi connectivity index (χ0n) is 35.0. The average molecular weight is 991 g/mol. The van der Waals surface area contributed by atoms with Gasteiger partial charge in [-0.1, -0.05) is 0 Å². The van der Waals surface area contributed by atoms with Gasteiger partial charge in [-0.2, -0.15) is 0 Å². The van der Waals surface area contributed by atoms with Gasteiger partial charge in [0.2, 0.25) is 0 Å². The normalized spacial score (nSPS) is 53.4. The molecule has 0 bridgehead atoms. The van der Waals surface area contributed by atoms with Crippen LogP contribution >= 0.6 is 0 Å². The fourth-order valence-corrected chi connectivity index (χ4v) is 8.42. The molecule has 30 atom stereocenters. The highest BCUT2D eigenvalue weighted by molar-refractivity contribution is 4.99. The van der Waals surface area contributed by atoms with Crippen LogP contribution in [0.4, 0.5) is 0 Å². The van der Waals surface area contributed by atoms with E-state index in [4.69, 9.17) is 52.1 Å².